The topological polar surface area (TPSA) is 9.23 Å². The highest BCUT2D eigenvalue weighted by Gasteiger charge is 2.47. The zero-order chi connectivity index (χ0) is 11.8. The fourth-order valence-electron chi connectivity index (χ4n) is 1.93. The Morgan fingerprint density at radius 2 is 2.12 bits per heavy atom. The number of hydrogen-bond donors (Lipinski definition) is 0. The lowest BCUT2D eigenvalue weighted by Gasteiger charge is -2.48. The standard InChI is InChI=1S/C13H16BrClO/c1-13(2)11(14)7-12(13)16-8-9-5-3-4-6-10(9)15/h3-6,11-12H,7-8H2,1-2H3. The highest BCUT2D eigenvalue weighted by atomic mass is 79.9. The third-order valence-electron chi connectivity index (χ3n) is 3.46. The molecular weight excluding hydrogens is 287 g/mol. The van der Waals surface area contributed by atoms with Crippen LogP contribution in [0, 0.1) is 5.41 Å². The van der Waals surface area contributed by atoms with Gasteiger partial charge in [-0.25, -0.2) is 0 Å². The Kier molecular flexibility index (Phi) is 3.62. The molecule has 88 valence electrons. The first-order valence-corrected chi connectivity index (χ1v) is 6.80. The molecule has 1 aromatic rings. The molecule has 1 nitrogen and oxygen atoms in total. The van der Waals surface area contributed by atoms with Crippen LogP contribution in [-0.2, 0) is 11.3 Å². The zero-order valence-corrected chi connectivity index (χ0v) is 11.9. The summed E-state index contributed by atoms with van der Waals surface area (Å²) in [6, 6.07) is 7.84. The van der Waals surface area contributed by atoms with E-state index in [9.17, 15) is 0 Å². The monoisotopic (exact) mass is 302 g/mol. The van der Waals surface area contributed by atoms with Crippen LogP contribution in [0.3, 0.4) is 0 Å². The fraction of sp³-hybridized carbons (Fsp3) is 0.538. The number of alkyl halides is 1. The molecule has 2 unspecified atom stereocenters. The average Bonchev–Trinajstić information content (AvgIpc) is 2.26. The molecule has 0 aromatic heterocycles. The number of ether oxygens (including phenoxy) is 1. The van der Waals surface area contributed by atoms with Crippen LogP contribution in [0.1, 0.15) is 25.8 Å². The maximum atomic E-state index is 6.08. The van der Waals surface area contributed by atoms with Crippen molar-refractivity contribution in [3.63, 3.8) is 0 Å². The Morgan fingerprint density at radius 3 is 2.69 bits per heavy atom. The molecule has 0 bridgehead atoms. The average molecular weight is 304 g/mol. The Balaban J connectivity index is 1.92. The maximum absolute atomic E-state index is 6.08. The molecule has 0 saturated heterocycles. The van der Waals surface area contributed by atoms with Crippen LogP contribution in [0.15, 0.2) is 24.3 Å². The van der Waals surface area contributed by atoms with Gasteiger partial charge in [-0.3, -0.25) is 0 Å². The predicted octanol–water partition coefficient (Wildman–Crippen LogP) is 4.42. The van der Waals surface area contributed by atoms with E-state index >= 15 is 0 Å². The van der Waals surface area contributed by atoms with Gasteiger partial charge in [0, 0.05) is 15.3 Å². The van der Waals surface area contributed by atoms with Crippen LogP contribution in [-0.4, -0.2) is 10.9 Å². The van der Waals surface area contributed by atoms with Crippen LogP contribution < -0.4 is 0 Å². The lowest BCUT2D eigenvalue weighted by atomic mass is 9.69. The summed E-state index contributed by atoms with van der Waals surface area (Å²) in [5.41, 5.74) is 1.29. The molecule has 2 atom stereocenters. The lowest BCUT2D eigenvalue weighted by molar-refractivity contribution is -0.0931. The zero-order valence-electron chi connectivity index (χ0n) is 9.54. The van der Waals surface area contributed by atoms with Gasteiger partial charge in [0.05, 0.1) is 12.7 Å². The van der Waals surface area contributed by atoms with Crippen molar-refractivity contribution in [2.75, 3.05) is 0 Å². The third-order valence-corrected chi connectivity index (χ3v) is 5.38. The van der Waals surface area contributed by atoms with Crippen molar-refractivity contribution in [1.82, 2.24) is 0 Å². The molecule has 16 heavy (non-hydrogen) atoms. The van der Waals surface area contributed by atoms with Gasteiger partial charge in [0.1, 0.15) is 0 Å². The van der Waals surface area contributed by atoms with Gasteiger partial charge in [-0.1, -0.05) is 59.6 Å². The minimum absolute atomic E-state index is 0.223. The molecule has 2 rings (SSSR count). The Hall–Kier alpha value is -0.0500. The Labute approximate surface area is 110 Å². The first kappa shape index (κ1) is 12.4. The van der Waals surface area contributed by atoms with Gasteiger partial charge in [0.25, 0.3) is 0 Å². The molecule has 0 N–H and O–H groups in total. The minimum atomic E-state index is 0.223. The van der Waals surface area contributed by atoms with E-state index in [-0.39, 0.29) is 5.41 Å². The number of hydrogen-bond acceptors (Lipinski definition) is 1. The van der Waals surface area contributed by atoms with Gasteiger partial charge in [0.15, 0.2) is 0 Å². The summed E-state index contributed by atoms with van der Waals surface area (Å²) in [7, 11) is 0. The van der Waals surface area contributed by atoms with Crippen molar-refractivity contribution in [2.24, 2.45) is 5.41 Å². The fourth-order valence-corrected chi connectivity index (χ4v) is 2.75. The summed E-state index contributed by atoms with van der Waals surface area (Å²) >= 11 is 9.74. The Bertz CT molecular complexity index is 378. The Morgan fingerprint density at radius 1 is 1.44 bits per heavy atom. The molecular formula is C13H16BrClO. The molecule has 0 heterocycles. The summed E-state index contributed by atoms with van der Waals surface area (Å²) in [6.07, 6.45) is 1.41. The second-order valence-corrected chi connectivity index (χ2v) is 6.43. The normalized spacial score (nSPS) is 27.5. The van der Waals surface area contributed by atoms with Crippen LogP contribution >= 0.6 is 27.5 Å². The van der Waals surface area contributed by atoms with E-state index in [0.717, 1.165) is 17.0 Å². The third kappa shape index (κ3) is 2.29. The molecule has 0 radical (unpaired) electrons. The molecule has 1 aromatic carbocycles. The largest absolute Gasteiger partial charge is 0.373 e. The lowest BCUT2D eigenvalue weighted by Crippen LogP contribution is -2.51. The van der Waals surface area contributed by atoms with Crippen LogP contribution in [0.2, 0.25) is 5.02 Å². The van der Waals surface area contributed by atoms with Crippen molar-refractivity contribution in [1.29, 1.82) is 0 Å². The van der Waals surface area contributed by atoms with Gasteiger partial charge >= 0.3 is 0 Å². The summed E-state index contributed by atoms with van der Waals surface area (Å²) in [4.78, 5) is 0.566. The first-order valence-electron chi connectivity index (χ1n) is 5.51. The van der Waals surface area contributed by atoms with Gasteiger partial charge < -0.3 is 4.74 Å². The van der Waals surface area contributed by atoms with Gasteiger partial charge in [-0.15, -0.1) is 0 Å². The van der Waals surface area contributed by atoms with E-state index in [1.54, 1.807) is 0 Å². The molecule has 1 aliphatic carbocycles. The maximum Gasteiger partial charge on any atom is 0.0735 e. The molecule has 3 heteroatoms. The molecule has 1 fully saturated rings. The summed E-state index contributed by atoms with van der Waals surface area (Å²) in [6.45, 7) is 5.06. The number of halogens is 2. The molecule has 1 saturated carbocycles. The highest BCUT2D eigenvalue weighted by Crippen LogP contribution is 2.47. The number of rotatable bonds is 3. The second kappa shape index (κ2) is 4.67. The van der Waals surface area contributed by atoms with Crippen LogP contribution in [0.25, 0.3) is 0 Å². The van der Waals surface area contributed by atoms with Crippen molar-refractivity contribution in [2.45, 2.75) is 37.8 Å². The molecule has 0 spiro atoms. The van der Waals surface area contributed by atoms with Gasteiger partial charge in [-0.2, -0.15) is 0 Å². The van der Waals surface area contributed by atoms with E-state index in [1.165, 1.54) is 0 Å². The van der Waals surface area contributed by atoms with E-state index in [4.69, 9.17) is 16.3 Å². The molecule has 0 amide bonds. The summed E-state index contributed by atoms with van der Waals surface area (Å²) in [5, 5.41) is 0.787. The summed E-state index contributed by atoms with van der Waals surface area (Å²) < 4.78 is 5.92. The van der Waals surface area contributed by atoms with Crippen LogP contribution in [0.4, 0.5) is 0 Å². The number of benzene rings is 1. The van der Waals surface area contributed by atoms with Crippen molar-refractivity contribution < 1.29 is 4.74 Å². The smallest absolute Gasteiger partial charge is 0.0735 e. The van der Waals surface area contributed by atoms with Crippen molar-refractivity contribution in [3.8, 4) is 0 Å². The minimum Gasteiger partial charge on any atom is -0.373 e. The van der Waals surface area contributed by atoms with Crippen LogP contribution in [0.5, 0.6) is 0 Å². The quantitative estimate of drug-likeness (QED) is 0.751. The van der Waals surface area contributed by atoms with E-state index in [2.05, 4.69) is 29.8 Å². The van der Waals surface area contributed by atoms with Gasteiger partial charge in [0.2, 0.25) is 0 Å². The van der Waals surface area contributed by atoms with E-state index in [1.807, 2.05) is 24.3 Å². The summed E-state index contributed by atoms with van der Waals surface area (Å²) in [5.74, 6) is 0. The second-order valence-electron chi connectivity index (χ2n) is 4.92. The van der Waals surface area contributed by atoms with E-state index < -0.39 is 0 Å². The molecule has 0 aliphatic heterocycles. The highest BCUT2D eigenvalue weighted by molar-refractivity contribution is 9.09. The van der Waals surface area contributed by atoms with Crippen molar-refractivity contribution >= 4 is 27.5 Å². The predicted molar refractivity (Wildman–Crippen MR) is 71.1 cm³/mol. The first-order chi connectivity index (χ1) is 7.51. The SMILES string of the molecule is CC1(C)C(Br)CC1OCc1ccccc1Cl. The molecule has 1 aliphatic rings. The van der Waals surface area contributed by atoms with Gasteiger partial charge in [-0.05, 0) is 18.1 Å². The van der Waals surface area contributed by atoms with E-state index in [0.29, 0.717) is 17.5 Å². The van der Waals surface area contributed by atoms with Crippen molar-refractivity contribution in [3.05, 3.63) is 34.9 Å².